The zero-order valence-corrected chi connectivity index (χ0v) is 12.3. The summed E-state index contributed by atoms with van der Waals surface area (Å²) in [6.45, 7) is 2.19. The molecule has 0 aliphatic rings. The lowest BCUT2D eigenvalue weighted by atomic mass is 10.3. The summed E-state index contributed by atoms with van der Waals surface area (Å²) in [6.07, 6.45) is 0. The summed E-state index contributed by atoms with van der Waals surface area (Å²) in [6, 6.07) is 9.80. The van der Waals surface area contributed by atoms with Gasteiger partial charge in [0.2, 0.25) is 0 Å². The van der Waals surface area contributed by atoms with Gasteiger partial charge >= 0.3 is 11.2 Å². The third kappa shape index (κ3) is 3.43. The molecular formula is C15H16N2O5. The Kier molecular flexibility index (Phi) is 4.77. The number of aryl methyl sites for hydroxylation is 1. The molecule has 1 aromatic heterocycles. The molecule has 0 bridgehead atoms. The van der Waals surface area contributed by atoms with Crippen LogP contribution in [0.3, 0.4) is 0 Å². The van der Waals surface area contributed by atoms with Crippen molar-refractivity contribution in [3.8, 4) is 11.5 Å². The fraction of sp³-hybridized carbons (Fsp3) is 0.267. The van der Waals surface area contributed by atoms with Crippen LogP contribution in [0, 0.1) is 17.0 Å². The molecule has 2 rings (SSSR count). The van der Waals surface area contributed by atoms with Crippen molar-refractivity contribution < 1.29 is 14.4 Å². The van der Waals surface area contributed by atoms with Gasteiger partial charge in [-0.3, -0.25) is 14.9 Å². The number of nitro groups is 1. The summed E-state index contributed by atoms with van der Waals surface area (Å²) in [5.74, 6) is 1.36. The lowest BCUT2D eigenvalue weighted by molar-refractivity contribution is -0.386. The van der Waals surface area contributed by atoms with Gasteiger partial charge in [0.25, 0.3) is 0 Å². The average Bonchev–Trinajstić information content (AvgIpc) is 2.50. The van der Waals surface area contributed by atoms with Crippen LogP contribution in [0.25, 0.3) is 0 Å². The average molecular weight is 304 g/mol. The molecule has 116 valence electrons. The van der Waals surface area contributed by atoms with Crippen LogP contribution in [-0.4, -0.2) is 23.2 Å². The second-order valence-corrected chi connectivity index (χ2v) is 4.60. The highest BCUT2D eigenvalue weighted by Crippen LogP contribution is 2.17. The highest BCUT2D eigenvalue weighted by molar-refractivity contribution is 5.31. The van der Waals surface area contributed by atoms with E-state index in [2.05, 4.69) is 0 Å². The molecule has 0 saturated carbocycles. The smallest absolute Gasteiger partial charge is 0.334 e. The molecule has 22 heavy (non-hydrogen) atoms. The maximum absolute atomic E-state index is 12.0. The molecule has 0 saturated heterocycles. The lowest BCUT2D eigenvalue weighted by Crippen LogP contribution is -2.26. The van der Waals surface area contributed by atoms with E-state index in [0.717, 1.165) is 5.75 Å². The van der Waals surface area contributed by atoms with Crippen LogP contribution >= 0.6 is 0 Å². The van der Waals surface area contributed by atoms with Crippen LogP contribution < -0.4 is 15.0 Å². The zero-order chi connectivity index (χ0) is 16.1. The summed E-state index contributed by atoms with van der Waals surface area (Å²) >= 11 is 0. The number of aromatic nitrogens is 1. The standard InChI is InChI=1S/C15H16N2O5/c1-11-3-8-14(17(19)20)15(18)16(11)9-10-22-13-6-4-12(21-2)5-7-13/h3-8H,9-10H2,1-2H3. The predicted molar refractivity (Wildman–Crippen MR) is 80.6 cm³/mol. The molecule has 1 aromatic carbocycles. The van der Waals surface area contributed by atoms with Crippen LogP contribution in [-0.2, 0) is 6.54 Å². The minimum atomic E-state index is -0.678. The third-order valence-corrected chi connectivity index (χ3v) is 3.21. The third-order valence-electron chi connectivity index (χ3n) is 3.21. The quantitative estimate of drug-likeness (QED) is 0.603. The molecule has 1 heterocycles. The van der Waals surface area contributed by atoms with E-state index >= 15 is 0 Å². The summed E-state index contributed by atoms with van der Waals surface area (Å²) in [5, 5.41) is 10.8. The van der Waals surface area contributed by atoms with Crippen molar-refractivity contribution in [1.29, 1.82) is 0 Å². The van der Waals surface area contributed by atoms with Gasteiger partial charge in [0.05, 0.1) is 18.6 Å². The van der Waals surface area contributed by atoms with Crippen LogP contribution in [0.4, 0.5) is 5.69 Å². The minimum absolute atomic E-state index is 0.230. The Labute approximate surface area is 126 Å². The van der Waals surface area contributed by atoms with E-state index in [1.54, 1.807) is 44.4 Å². The number of methoxy groups -OCH3 is 1. The fourth-order valence-electron chi connectivity index (χ4n) is 2.00. The van der Waals surface area contributed by atoms with Crippen molar-refractivity contribution in [1.82, 2.24) is 4.57 Å². The van der Waals surface area contributed by atoms with Gasteiger partial charge in [0.15, 0.2) is 0 Å². The molecule has 0 aliphatic carbocycles. The van der Waals surface area contributed by atoms with Crippen molar-refractivity contribution in [2.45, 2.75) is 13.5 Å². The SMILES string of the molecule is COc1ccc(OCCn2c(C)ccc([N+](=O)[O-])c2=O)cc1. The molecule has 0 N–H and O–H groups in total. The monoisotopic (exact) mass is 304 g/mol. The Morgan fingerprint density at radius 3 is 2.36 bits per heavy atom. The first-order valence-corrected chi connectivity index (χ1v) is 6.64. The van der Waals surface area contributed by atoms with Crippen molar-refractivity contribution >= 4 is 5.69 Å². The number of pyridine rings is 1. The van der Waals surface area contributed by atoms with E-state index in [9.17, 15) is 14.9 Å². The van der Waals surface area contributed by atoms with Crippen LogP contribution in [0.15, 0.2) is 41.2 Å². The number of ether oxygens (including phenoxy) is 2. The van der Waals surface area contributed by atoms with Gasteiger partial charge < -0.3 is 14.0 Å². The number of rotatable bonds is 6. The topological polar surface area (TPSA) is 83.6 Å². The molecule has 0 atom stereocenters. The normalized spacial score (nSPS) is 10.3. The molecule has 7 heteroatoms. The van der Waals surface area contributed by atoms with Gasteiger partial charge in [0, 0.05) is 11.8 Å². The summed E-state index contributed by atoms with van der Waals surface area (Å²) in [5.41, 5.74) is -0.410. The maximum Gasteiger partial charge on any atom is 0.334 e. The van der Waals surface area contributed by atoms with Gasteiger partial charge in [-0.15, -0.1) is 0 Å². The summed E-state index contributed by atoms with van der Waals surface area (Å²) in [7, 11) is 1.58. The van der Waals surface area contributed by atoms with E-state index in [1.807, 2.05) is 0 Å². The van der Waals surface area contributed by atoms with Gasteiger partial charge in [-0.1, -0.05) is 0 Å². The van der Waals surface area contributed by atoms with Gasteiger partial charge in [-0.05, 0) is 37.3 Å². The van der Waals surface area contributed by atoms with E-state index in [-0.39, 0.29) is 13.2 Å². The van der Waals surface area contributed by atoms with E-state index in [1.165, 1.54) is 10.6 Å². The molecule has 7 nitrogen and oxygen atoms in total. The fourth-order valence-corrected chi connectivity index (χ4v) is 2.00. The van der Waals surface area contributed by atoms with Crippen LogP contribution in [0.2, 0.25) is 0 Å². The Morgan fingerprint density at radius 2 is 1.77 bits per heavy atom. The number of hydrogen-bond acceptors (Lipinski definition) is 5. The first kappa shape index (κ1) is 15.6. The molecule has 2 aromatic rings. The molecule has 0 aliphatic heterocycles. The van der Waals surface area contributed by atoms with Crippen LogP contribution in [0.1, 0.15) is 5.69 Å². The Morgan fingerprint density at radius 1 is 1.14 bits per heavy atom. The molecular weight excluding hydrogens is 288 g/mol. The number of benzene rings is 1. The van der Waals surface area contributed by atoms with Crippen molar-refractivity contribution in [2.75, 3.05) is 13.7 Å². The second kappa shape index (κ2) is 6.75. The first-order chi connectivity index (χ1) is 10.5. The first-order valence-electron chi connectivity index (χ1n) is 6.64. The van der Waals surface area contributed by atoms with Crippen molar-refractivity contribution in [3.05, 3.63) is 62.6 Å². The predicted octanol–water partition coefficient (Wildman–Crippen LogP) is 2.15. The molecule has 0 fully saturated rings. The number of hydrogen-bond donors (Lipinski definition) is 0. The zero-order valence-electron chi connectivity index (χ0n) is 12.3. The van der Waals surface area contributed by atoms with E-state index in [0.29, 0.717) is 11.4 Å². The summed E-state index contributed by atoms with van der Waals surface area (Å²) < 4.78 is 11.9. The lowest BCUT2D eigenvalue weighted by Gasteiger charge is -2.11. The van der Waals surface area contributed by atoms with Gasteiger partial charge in [-0.25, -0.2) is 0 Å². The van der Waals surface area contributed by atoms with E-state index in [4.69, 9.17) is 9.47 Å². The van der Waals surface area contributed by atoms with E-state index < -0.39 is 16.2 Å². The van der Waals surface area contributed by atoms with Gasteiger partial charge in [-0.2, -0.15) is 0 Å². The molecule has 0 unspecified atom stereocenters. The Bertz CT molecular complexity index is 722. The molecule has 0 amide bonds. The van der Waals surface area contributed by atoms with Gasteiger partial charge in [0.1, 0.15) is 18.1 Å². The van der Waals surface area contributed by atoms with Crippen molar-refractivity contribution in [2.24, 2.45) is 0 Å². The highest BCUT2D eigenvalue weighted by atomic mass is 16.6. The van der Waals surface area contributed by atoms with Crippen molar-refractivity contribution in [3.63, 3.8) is 0 Å². The van der Waals surface area contributed by atoms with Crippen LogP contribution in [0.5, 0.6) is 11.5 Å². The maximum atomic E-state index is 12.0. The molecule has 0 radical (unpaired) electrons. The Hall–Kier alpha value is -2.83. The largest absolute Gasteiger partial charge is 0.497 e. The summed E-state index contributed by atoms with van der Waals surface area (Å²) in [4.78, 5) is 22.1. The molecule has 0 spiro atoms. The highest BCUT2D eigenvalue weighted by Gasteiger charge is 2.15. The second-order valence-electron chi connectivity index (χ2n) is 4.60. The minimum Gasteiger partial charge on any atom is -0.497 e. The number of nitrogens with zero attached hydrogens (tertiary/aromatic N) is 2. The Balaban J connectivity index is 2.06.